The van der Waals surface area contributed by atoms with Crippen LogP contribution >= 0.6 is 0 Å². The highest BCUT2D eigenvalue weighted by molar-refractivity contribution is 7.89. The van der Waals surface area contributed by atoms with Crippen molar-refractivity contribution in [2.45, 2.75) is 24.7 Å². The Morgan fingerprint density at radius 2 is 1.64 bits per heavy atom. The molecular formula is C18H21FN2O3S. The molecule has 0 aromatic heterocycles. The van der Waals surface area contributed by atoms with E-state index in [0.717, 1.165) is 11.1 Å². The number of hydrogen-bond donors (Lipinski definition) is 2. The van der Waals surface area contributed by atoms with Gasteiger partial charge in [-0.3, -0.25) is 4.79 Å². The minimum Gasteiger partial charge on any atom is -0.356 e. The van der Waals surface area contributed by atoms with Crippen LogP contribution in [-0.2, 0) is 27.7 Å². The van der Waals surface area contributed by atoms with Gasteiger partial charge in [0, 0.05) is 12.5 Å². The maximum atomic E-state index is 12.9. The smallest absolute Gasteiger partial charge is 0.238 e. The van der Waals surface area contributed by atoms with Gasteiger partial charge in [0.15, 0.2) is 0 Å². The van der Waals surface area contributed by atoms with Crippen molar-refractivity contribution in [2.24, 2.45) is 11.1 Å². The Labute approximate surface area is 147 Å². The first-order chi connectivity index (χ1) is 11.8. The molecule has 1 amide bonds. The Hall–Kier alpha value is -2.25. The summed E-state index contributed by atoms with van der Waals surface area (Å²) < 4.78 is 35.3. The summed E-state index contributed by atoms with van der Waals surface area (Å²) in [6.07, 6.45) is 1.12. The zero-order chi connectivity index (χ0) is 18.4. The van der Waals surface area contributed by atoms with Gasteiger partial charge in [0.25, 0.3) is 0 Å². The molecule has 2 aromatic rings. The van der Waals surface area contributed by atoms with E-state index < -0.39 is 10.0 Å². The first kappa shape index (κ1) is 19.1. The molecule has 3 N–H and O–H groups in total. The monoisotopic (exact) mass is 364 g/mol. The molecule has 0 heterocycles. The van der Waals surface area contributed by atoms with Crippen molar-refractivity contribution in [1.82, 2.24) is 5.32 Å². The van der Waals surface area contributed by atoms with Gasteiger partial charge in [-0.25, -0.2) is 17.9 Å². The average Bonchev–Trinajstić information content (AvgIpc) is 2.56. The van der Waals surface area contributed by atoms with Crippen LogP contribution in [0.1, 0.15) is 18.1 Å². The number of carbonyl (C=O) groups is 1. The fraction of sp³-hybridized carbons (Fsp3) is 0.278. The molecule has 2 rings (SSSR count). The maximum absolute atomic E-state index is 12.9. The summed E-state index contributed by atoms with van der Waals surface area (Å²) in [5.74, 6) is -0.602. The third-order valence-corrected chi connectivity index (χ3v) is 4.80. The highest BCUT2D eigenvalue weighted by Crippen LogP contribution is 2.11. The van der Waals surface area contributed by atoms with Crippen molar-refractivity contribution in [1.29, 1.82) is 0 Å². The van der Waals surface area contributed by atoms with Crippen LogP contribution in [0.15, 0.2) is 53.4 Å². The molecule has 2 aromatic carbocycles. The van der Waals surface area contributed by atoms with Crippen LogP contribution < -0.4 is 10.5 Å². The van der Waals surface area contributed by atoms with Crippen LogP contribution in [0.3, 0.4) is 0 Å². The molecule has 5 nitrogen and oxygen atoms in total. The van der Waals surface area contributed by atoms with Gasteiger partial charge < -0.3 is 5.32 Å². The highest BCUT2D eigenvalue weighted by Gasteiger charge is 2.13. The summed E-state index contributed by atoms with van der Waals surface area (Å²) in [4.78, 5) is 12.2. The van der Waals surface area contributed by atoms with Gasteiger partial charge in [-0.2, -0.15) is 0 Å². The average molecular weight is 364 g/mol. The van der Waals surface area contributed by atoms with Crippen molar-refractivity contribution in [3.63, 3.8) is 0 Å². The highest BCUT2D eigenvalue weighted by atomic mass is 32.2. The van der Waals surface area contributed by atoms with Gasteiger partial charge in [0.05, 0.1) is 4.90 Å². The van der Waals surface area contributed by atoms with Crippen LogP contribution in [0.25, 0.3) is 0 Å². The molecule has 1 atom stereocenters. The van der Waals surface area contributed by atoms with E-state index in [0.29, 0.717) is 19.4 Å². The van der Waals surface area contributed by atoms with E-state index in [9.17, 15) is 17.6 Å². The van der Waals surface area contributed by atoms with Crippen LogP contribution in [0.4, 0.5) is 4.39 Å². The van der Waals surface area contributed by atoms with Crippen molar-refractivity contribution >= 4 is 15.9 Å². The number of benzene rings is 2. The molecule has 0 aliphatic heterocycles. The second kappa shape index (κ2) is 8.22. The molecule has 0 saturated carbocycles. The molecule has 7 heteroatoms. The number of halogens is 1. The lowest BCUT2D eigenvalue weighted by Crippen LogP contribution is -2.31. The molecule has 0 fully saturated rings. The fourth-order valence-corrected chi connectivity index (χ4v) is 2.93. The number of nitrogens with two attached hydrogens (primary N) is 1. The number of sulfonamides is 1. The van der Waals surface area contributed by atoms with Crippen molar-refractivity contribution in [3.05, 3.63) is 65.5 Å². The summed E-state index contributed by atoms with van der Waals surface area (Å²) in [6.45, 7) is 2.26. The van der Waals surface area contributed by atoms with Gasteiger partial charge >= 0.3 is 0 Å². The Morgan fingerprint density at radius 3 is 2.20 bits per heavy atom. The van der Waals surface area contributed by atoms with Gasteiger partial charge in [-0.15, -0.1) is 0 Å². The lowest BCUT2D eigenvalue weighted by Gasteiger charge is -2.12. The van der Waals surface area contributed by atoms with E-state index in [1.165, 1.54) is 24.3 Å². The van der Waals surface area contributed by atoms with E-state index in [-0.39, 0.29) is 22.5 Å². The summed E-state index contributed by atoms with van der Waals surface area (Å²) in [5.41, 5.74) is 1.81. The standard InChI is InChI=1S/C18H21FN2O3S/c1-13(12-15-2-6-16(19)7-3-15)18(22)21-11-10-14-4-8-17(9-5-14)25(20,23)24/h2-9,13H,10-12H2,1H3,(H,21,22)(H2,20,23,24). The number of carbonyl (C=O) groups excluding carboxylic acids is 1. The summed E-state index contributed by atoms with van der Waals surface area (Å²) in [7, 11) is -3.69. The Kier molecular flexibility index (Phi) is 6.27. The summed E-state index contributed by atoms with van der Waals surface area (Å²) in [5, 5.41) is 7.90. The lowest BCUT2D eigenvalue weighted by atomic mass is 10.0. The third kappa shape index (κ3) is 5.95. The van der Waals surface area contributed by atoms with Crippen molar-refractivity contribution in [3.8, 4) is 0 Å². The fourth-order valence-electron chi connectivity index (χ4n) is 2.42. The number of amides is 1. The van der Waals surface area contributed by atoms with E-state index >= 15 is 0 Å². The molecular weight excluding hydrogens is 343 g/mol. The number of nitrogens with one attached hydrogen (secondary N) is 1. The first-order valence-electron chi connectivity index (χ1n) is 7.89. The van der Waals surface area contributed by atoms with Gasteiger partial charge in [-0.1, -0.05) is 31.2 Å². The molecule has 25 heavy (non-hydrogen) atoms. The van der Waals surface area contributed by atoms with Crippen LogP contribution in [0, 0.1) is 11.7 Å². The zero-order valence-electron chi connectivity index (χ0n) is 13.9. The molecule has 0 aliphatic carbocycles. The SMILES string of the molecule is CC(Cc1ccc(F)cc1)C(=O)NCCc1ccc(S(N)(=O)=O)cc1. The predicted molar refractivity (Wildman–Crippen MR) is 93.8 cm³/mol. The number of hydrogen-bond acceptors (Lipinski definition) is 3. The molecule has 0 aliphatic rings. The minimum atomic E-state index is -3.69. The minimum absolute atomic E-state index is 0.0632. The Balaban J connectivity index is 1.80. The summed E-state index contributed by atoms with van der Waals surface area (Å²) >= 11 is 0. The van der Waals surface area contributed by atoms with Crippen LogP contribution in [0.2, 0.25) is 0 Å². The molecule has 0 spiro atoms. The van der Waals surface area contributed by atoms with Crippen LogP contribution in [0.5, 0.6) is 0 Å². The Morgan fingerprint density at radius 1 is 1.08 bits per heavy atom. The van der Waals surface area contributed by atoms with Crippen molar-refractivity contribution in [2.75, 3.05) is 6.54 Å². The van der Waals surface area contributed by atoms with E-state index in [2.05, 4.69) is 5.32 Å². The second-order valence-electron chi connectivity index (χ2n) is 5.96. The molecule has 134 valence electrons. The largest absolute Gasteiger partial charge is 0.356 e. The molecule has 0 radical (unpaired) electrons. The van der Waals surface area contributed by atoms with E-state index in [1.807, 2.05) is 6.92 Å². The zero-order valence-corrected chi connectivity index (χ0v) is 14.7. The van der Waals surface area contributed by atoms with Gasteiger partial charge in [0.1, 0.15) is 5.82 Å². The molecule has 0 bridgehead atoms. The van der Waals surface area contributed by atoms with Gasteiger partial charge in [-0.05, 0) is 48.2 Å². The van der Waals surface area contributed by atoms with E-state index in [4.69, 9.17) is 5.14 Å². The van der Waals surface area contributed by atoms with Crippen LogP contribution in [-0.4, -0.2) is 20.9 Å². The normalized spacial score (nSPS) is 12.6. The van der Waals surface area contributed by atoms with Gasteiger partial charge in [0.2, 0.25) is 15.9 Å². The topological polar surface area (TPSA) is 89.3 Å². The quantitative estimate of drug-likeness (QED) is 0.788. The predicted octanol–water partition coefficient (Wildman–Crippen LogP) is 2.01. The lowest BCUT2D eigenvalue weighted by molar-refractivity contribution is -0.124. The summed E-state index contributed by atoms with van der Waals surface area (Å²) in [6, 6.07) is 12.4. The number of rotatable bonds is 7. The maximum Gasteiger partial charge on any atom is 0.238 e. The first-order valence-corrected chi connectivity index (χ1v) is 9.44. The molecule has 0 saturated heterocycles. The van der Waals surface area contributed by atoms with Crippen molar-refractivity contribution < 1.29 is 17.6 Å². The Bertz CT molecular complexity index is 818. The number of primary sulfonamides is 1. The second-order valence-corrected chi connectivity index (χ2v) is 7.52. The third-order valence-electron chi connectivity index (χ3n) is 3.87. The van der Waals surface area contributed by atoms with E-state index in [1.54, 1.807) is 24.3 Å². The molecule has 1 unspecified atom stereocenters.